The molecule has 0 amide bonds. The smallest absolute Gasteiger partial charge is 0.303 e. The van der Waals surface area contributed by atoms with Gasteiger partial charge in [-0.3, -0.25) is 10.1 Å². The van der Waals surface area contributed by atoms with Crippen molar-refractivity contribution in [1.82, 2.24) is 0 Å². The molecule has 0 heterocycles. The molecule has 0 aromatic rings. The fraction of sp³-hybridized carbons (Fsp3) is 0.611. The summed E-state index contributed by atoms with van der Waals surface area (Å²) in [7, 11) is 0. The van der Waals surface area contributed by atoms with Crippen molar-refractivity contribution in [3.63, 3.8) is 0 Å². The Morgan fingerprint density at radius 1 is 1.05 bits per heavy atom. The van der Waals surface area contributed by atoms with Gasteiger partial charge in [-0.15, -0.1) is 0 Å². The molecule has 2 N–H and O–H groups in total. The van der Waals surface area contributed by atoms with E-state index in [0.29, 0.717) is 6.42 Å². The molecule has 0 radical (unpaired) electrons. The Hall–Kier alpha value is -1.39. The van der Waals surface area contributed by atoms with Gasteiger partial charge in [0.15, 0.2) is 0 Å². The zero-order valence-electron chi connectivity index (χ0n) is 13.6. The highest BCUT2D eigenvalue weighted by molar-refractivity contribution is 5.66. The number of rotatable bonds is 14. The molecule has 22 heavy (non-hydrogen) atoms. The van der Waals surface area contributed by atoms with Gasteiger partial charge in [0, 0.05) is 6.42 Å². The molecule has 0 fully saturated rings. The first kappa shape index (κ1) is 20.6. The summed E-state index contributed by atoms with van der Waals surface area (Å²) >= 11 is 0. The van der Waals surface area contributed by atoms with Gasteiger partial charge >= 0.3 is 5.97 Å². The van der Waals surface area contributed by atoms with Crippen LogP contribution in [-0.2, 0) is 9.68 Å². The summed E-state index contributed by atoms with van der Waals surface area (Å²) < 4.78 is 0. The number of hydrogen-bond donors (Lipinski definition) is 2. The number of unbranched alkanes of at least 4 members (excludes halogenated alkanes) is 5. The van der Waals surface area contributed by atoms with E-state index < -0.39 is 5.97 Å². The molecule has 1 unspecified atom stereocenters. The summed E-state index contributed by atoms with van der Waals surface area (Å²) in [5.41, 5.74) is 0. The van der Waals surface area contributed by atoms with Crippen molar-refractivity contribution in [2.24, 2.45) is 0 Å². The van der Waals surface area contributed by atoms with Crippen LogP contribution >= 0.6 is 0 Å². The van der Waals surface area contributed by atoms with Crippen molar-refractivity contribution in [3.05, 3.63) is 36.5 Å². The van der Waals surface area contributed by atoms with Crippen LogP contribution in [0.4, 0.5) is 0 Å². The van der Waals surface area contributed by atoms with E-state index in [1.54, 1.807) is 0 Å². The standard InChI is InChI=1S/C18H30O4/c1-2-3-11-14-17(22-21)15-12-9-7-5-4-6-8-10-13-16-18(19)20/h3,7,9,11-12,15,17,21H,2,4-6,8,10,13-14,16H2,1H3,(H,19,20)/b9-7+,11-3-,15-12-. The van der Waals surface area contributed by atoms with Crippen LogP contribution in [-0.4, -0.2) is 22.4 Å². The molecule has 0 spiro atoms. The molecule has 0 rings (SSSR count). The largest absolute Gasteiger partial charge is 0.481 e. The number of carboxylic acid groups (broad SMARTS) is 1. The minimum atomic E-state index is -0.704. The number of carboxylic acids is 1. The zero-order valence-corrected chi connectivity index (χ0v) is 13.6. The second kappa shape index (κ2) is 16.0. The Kier molecular flexibility index (Phi) is 15.0. The number of carbonyl (C=O) groups is 1. The number of hydrogen-bond acceptors (Lipinski definition) is 3. The fourth-order valence-electron chi connectivity index (χ4n) is 1.99. The van der Waals surface area contributed by atoms with Gasteiger partial charge in [-0.25, -0.2) is 4.89 Å². The van der Waals surface area contributed by atoms with Crippen LogP contribution in [0.2, 0.25) is 0 Å². The Morgan fingerprint density at radius 2 is 1.77 bits per heavy atom. The summed E-state index contributed by atoms with van der Waals surface area (Å²) in [6.45, 7) is 2.07. The Morgan fingerprint density at radius 3 is 2.45 bits per heavy atom. The normalized spacial score (nSPS) is 13.5. The highest BCUT2D eigenvalue weighted by Gasteiger charge is 1.99. The monoisotopic (exact) mass is 310 g/mol. The SMILES string of the molecule is CC/C=C\CC(/C=C\C=C\CCCCCCCC(=O)O)OO. The van der Waals surface area contributed by atoms with Crippen LogP contribution in [0.1, 0.15) is 64.7 Å². The molecule has 0 bridgehead atoms. The Bertz CT molecular complexity index is 345. The summed E-state index contributed by atoms with van der Waals surface area (Å²) in [4.78, 5) is 14.7. The Labute approximate surface area is 134 Å². The molecule has 1 atom stereocenters. The first-order valence-corrected chi connectivity index (χ1v) is 8.21. The lowest BCUT2D eigenvalue weighted by Gasteiger charge is -2.03. The highest BCUT2D eigenvalue weighted by Crippen LogP contribution is 2.08. The van der Waals surface area contributed by atoms with E-state index in [1.165, 1.54) is 0 Å². The molecule has 0 aliphatic carbocycles. The van der Waals surface area contributed by atoms with Gasteiger partial charge in [0.25, 0.3) is 0 Å². The van der Waals surface area contributed by atoms with Crippen molar-refractivity contribution in [3.8, 4) is 0 Å². The second-order valence-corrected chi connectivity index (χ2v) is 5.27. The van der Waals surface area contributed by atoms with Crippen molar-refractivity contribution >= 4 is 5.97 Å². The van der Waals surface area contributed by atoms with Crippen molar-refractivity contribution in [1.29, 1.82) is 0 Å². The predicted molar refractivity (Wildman–Crippen MR) is 89.8 cm³/mol. The zero-order chi connectivity index (χ0) is 16.5. The lowest BCUT2D eigenvalue weighted by atomic mass is 10.1. The van der Waals surface area contributed by atoms with Gasteiger partial charge in [0.2, 0.25) is 0 Å². The maximum atomic E-state index is 10.3. The third-order valence-corrected chi connectivity index (χ3v) is 3.24. The molecule has 0 saturated heterocycles. The number of allylic oxidation sites excluding steroid dienone is 4. The van der Waals surface area contributed by atoms with Gasteiger partial charge < -0.3 is 5.11 Å². The molecule has 0 aromatic heterocycles. The third-order valence-electron chi connectivity index (χ3n) is 3.24. The predicted octanol–water partition coefficient (Wildman–Crippen LogP) is 5.13. The molecule has 4 heteroatoms. The quantitative estimate of drug-likeness (QED) is 0.153. The lowest BCUT2D eigenvalue weighted by Crippen LogP contribution is -2.04. The Balaban J connectivity index is 3.57. The van der Waals surface area contributed by atoms with Crippen LogP contribution in [0.15, 0.2) is 36.5 Å². The average Bonchev–Trinajstić information content (AvgIpc) is 2.50. The van der Waals surface area contributed by atoms with Gasteiger partial charge in [-0.05, 0) is 32.1 Å². The van der Waals surface area contributed by atoms with Crippen LogP contribution in [0, 0.1) is 0 Å². The molecule has 0 aliphatic heterocycles. The average molecular weight is 310 g/mol. The van der Waals surface area contributed by atoms with E-state index >= 15 is 0 Å². The molecular weight excluding hydrogens is 280 g/mol. The second-order valence-electron chi connectivity index (χ2n) is 5.27. The maximum Gasteiger partial charge on any atom is 0.303 e. The van der Waals surface area contributed by atoms with E-state index in [0.717, 1.165) is 44.9 Å². The highest BCUT2D eigenvalue weighted by atomic mass is 17.1. The minimum absolute atomic E-state index is 0.284. The van der Waals surface area contributed by atoms with Crippen LogP contribution in [0.5, 0.6) is 0 Å². The molecule has 0 saturated carbocycles. The lowest BCUT2D eigenvalue weighted by molar-refractivity contribution is -0.264. The van der Waals surface area contributed by atoms with Crippen molar-refractivity contribution < 1.29 is 20.0 Å². The van der Waals surface area contributed by atoms with Crippen LogP contribution < -0.4 is 0 Å². The first-order chi connectivity index (χ1) is 10.7. The molecule has 0 aliphatic rings. The van der Waals surface area contributed by atoms with E-state index in [4.69, 9.17) is 10.4 Å². The van der Waals surface area contributed by atoms with E-state index in [1.807, 2.05) is 30.4 Å². The van der Waals surface area contributed by atoms with Crippen LogP contribution in [0.25, 0.3) is 0 Å². The van der Waals surface area contributed by atoms with Gasteiger partial charge in [-0.2, -0.15) is 0 Å². The molecule has 0 aromatic carbocycles. The van der Waals surface area contributed by atoms with Crippen LogP contribution in [0.3, 0.4) is 0 Å². The maximum absolute atomic E-state index is 10.3. The van der Waals surface area contributed by atoms with Gasteiger partial charge in [-0.1, -0.05) is 62.6 Å². The fourth-order valence-corrected chi connectivity index (χ4v) is 1.99. The van der Waals surface area contributed by atoms with Crippen molar-refractivity contribution in [2.45, 2.75) is 70.8 Å². The van der Waals surface area contributed by atoms with E-state index in [-0.39, 0.29) is 12.5 Å². The van der Waals surface area contributed by atoms with Gasteiger partial charge in [0.05, 0.1) is 0 Å². The summed E-state index contributed by atoms with van der Waals surface area (Å²) in [5.74, 6) is -0.704. The summed E-state index contributed by atoms with van der Waals surface area (Å²) in [6, 6.07) is 0. The van der Waals surface area contributed by atoms with E-state index in [2.05, 4.69) is 17.9 Å². The van der Waals surface area contributed by atoms with Gasteiger partial charge in [0.1, 0.15) is 6.10 Å². The number of aliphatic carboxylic acids is 1. The molecular formula is C18H30O4. The van der Waals surface area contributed by atoms with E-state index in [9.17, 15) is 4.79 Å². The molecule has 126 valence electrons. The topological polar surface area (TPSA) is 66.8 Å². The molecule has 4 nitrogen and oxygen atoms in total. The minimum Gasteiger partial charge on any atom is -0.481 e. The third kappa shape index (κ3) is 15.0. The first-order valence-electron chi connectivity index (χ1n) is 8.21. The van der Waals surface area contributed by atoms with Crippen molar-refractivity contribution in [2.75, 3.05) is 0 Å². The summed E-state index contributed by atoms with van der Waals surface area (Å²) in [6.07, 6.45) is 19.7. The summed E-state index contributed by atoms with van der Waals surface area (Å²) in [5, 5.41) is 17.3.